The van der Waals surface area contributed by atoms with Crippen molar-refractivity contribution in [3.05, 3.63) is 84.1 Å². The van der Waals surface area contributed by atoms with Crippen molar-refractivity contribution in [1.29, 1.82) is 0 Å². The number of rotatable bonds is 6. The Balaban J connectivity index is 1.72. The first-order chi connectivity index (χ1) is 16.0. The summed E-state index contributed by atoms with van der Waals surface area (Å²) in [5.41, 5.74) is 3.19. The van der Waals surface area contributed by atoms with Crippen LogP contribution in [-0.2, 0) is 16.6 Å². The fourth-order valence-electron chi connectivity index (χ4n) is 3.79. The van der Waals surface area contributed by atoms with Crippen LogP contribution in [0.4, 0.5) is 5.82 Å². The third-order valence-corrected chi connectivity index (χ3v) is 6.91. The first-order valence-electron chi connectivity index (χ1n) is 10.5. The molecular weight excluding hydrogens is 458 g/mol. The van der Waals surface area contributed by atoms with Crippen LogP contribution in [0.5, 0.6) is 0 Å². The molecule has 33 heavy (non-hydrogen) atoms. The van der Waals surface area contributed by atoms with E-state index in [1.807, 2.05) is 53.4 Å². The molecule has 9 heteroatoms. The molecule has 5 rings (SSSR count). The molecule has 0 spiro atoms. The number of hydrogen-bond acceptors (Lipinski definition) is 4. The van der Waals surface area contributed by atoms with Crippen LogP contribution < -0.4 is 9.29 Å². The third-order valence-electron chi connectivity index (χ3n) is 5.31. The molecule has 3 aromatic carbocycles. The van der Waals surface area contributed by atoms with Gasteiger partial charge in [0.15, 0.2) is 11.0 Å². The average molecular weight is 479 g/mol. The van der Waals surface area contributed by atoms with Crippen LogP contribution in [0.15, 0.2) is 84.0 Å². The minimum atomic E-state index is -3.92. The van der Waals surface area contributed by atoms with Crippen molar-refractivity contribution in [1.82, 2.24) is 14.5 Å². The predicted molar refractivity (Wildman–Crippen MR) is 129 cm³/mol. The molecule has 166 valence electrons. The number of nitrogens with zero attached hydrogens (tertiary/aromatic N) is 4. The number of para-hydroxylation sites is 4. The molecule has 0 aliphatic rings. The van der Waals surface area contributed by atoms with Crippen LogP contribution >= 0.6 is 11.6 Å². The molecule has 0 saturated heterocycles. The van der Waals surface area contributed by atoms with Crippen LogP contribution in [0.25, 0.3) is 27.9 Å². The second-order valence-corrected chi connectivity index (χ2v) is 9.73. The van der Waals surface area contributed by atoms with E-state index in [9.17, 15) is 8.42 Å². The highest BCUT2D eigenvalue weighted by Gasteiger charge is 2.25. The molecule has 2 heterocycles. The summed E-state index contributed by atoms with van der Waals surface area (Å²) in [6.45, 7) is 2.93. The number of fused-ring (bicyclic) bond motifs is 2. The number of aromatic nitrogens is 4. The van der Waals surface area contributed by atoms with E-state index in [2.05, 4.69) is 21.2 Å². The number of aryl methyl sites for hydroxylation is 1. The summed E-state index contributed by atoms with van der Waals surface area (Å²) in [7, 11) is -3.92. The highest BCUT2D eigenvalue weighted by molar-refractivity contribution is 7.92. The van der Waals surface area contributed by atoms with E-state index in [0.29, 0.717) is 21.9 Å². The van der Waals surface area contributed by atoms with Gasteiger partial charge in [0.25, 0.3) is 22.2 Å². The fourth-order valence-corrected chi connectivity index (χ4v) is 4.92. The largest absolute Gasteiger partial charge is 0.270 e. The lowest BCUT2D eigenvalue weighted by Gasteiger charge is -2.10. The van der Waals surface area contributed by atoms with Crippen molar-refractivity contribution in [3.8, 4) is 5.82 Å². The SMILES string of the molecule is CCC[n+]1cn(-c2nc3ccccc3nc2NS(=O)(=O)c2ccc(Cl)cc2)c2ccccc21. The van der Waals surface area contributed by atoms with Gasteiger partial charge in [0.2, 0.25) is 5.82 Å². The van der Waals surface area contributed by atoms with Crippen LogP contribution in [-0.4, -0.2) is 23.0 Å². The smallest absolute Gasteiger partial charge is 0.258 e. The lowest BCUT2D eigenvalue weighted by molar-refractivity contribution is -0.671. The first kappa shape index (κ1) is 21.4. The maximum absolute atomic E-state index is 13.2. The summed E-state index contributed by atoms with van der Waals surface area (Å²) in [6.07, 6.45) is 2.89. The lowest BCUT2D eigenvalue weighted by atomic mass is 10.3. The summed E-state index contributed by atoms with van der Waals surface area (Å²) in [6, 6.07) is 21.3. The Bertz CT molecular complexity index is 1580. The van der Waals surface area contributed by atoms with Crippen molar-refractivity contribution in [2.75, 3.05) is 4.72 Å². The predicted octanol–water partition coefficient (Wildman–Crippen LogP) is 4.73. The minimum absolute atomic E-state index is 0.0891. The highest BCUT2D eigenvalue weighted by atomic mass is 35.5. The van der Waals surface area contributed by atoms with E-state index in [1.165, 1.54) is 24.3 Å². The highest BCUT2D eigenvalue weighted by Crippen LogP contribution is 2.26. The van der Waals surface area contributed by atoms with Crippen molar-refractivity contribution in [3.63, 3.8) is 0 Å². The van der Waals surface area contributed by atoms with Crippen molar-refractivity contribution in [2.24, 2.45) is 0 Å². The molecule has 0 aliphatic heterocycles. The van der Waals surface area contributed by atoms with Gasteiger partial charge in [0, 0.05) is 5.02 Å². The van der Waals surface area contributed by atoms with E-state index < -0.39 is 10.0 Å². The number of hydrogen-bond donors (Lipinski definition) is 1. The van der Waals surface area contributed by atoms with E-state index in [-0.39, 0.29) is 10.7 Å². The van der Waals surface area contributed by atoms with Gasteiger partial charge in [-0.2, -0.15) is 4.57 Å². The van der Waals surface area contributed by atoms with E-state index in [4.69, 9.17) is 16.6 Å². The van der Waals surface area contributed by atoms with Gasteiger partial charge in [-0.15, -0.1) is 0 Å². The second kappa shape index (κ2) is 8.46. The van der Waals surface area contributed by atoms with E-state index >= 15 is 0 Å². The van der Waals surface area contributed by atoms with Crippen LogP contribution in [0.1, 0.15) is 13.3 Å². The van der Waals surface area contributed by atoms with Crippen LogP contribution in [0.2, 0.25) is 5.02 Å². The fraction of sp³-hybridized carbons (Fsp3) is 0.125. The number of sulfonamides is 1. The van der Waals surface area contributed by atoms with E-state index in [0.717, 1.165) is 24.0 Å². The Kier molecular flexibility index (Phi) is 5.47. The van der Waals surface area contributed by atoms with Crippen molar-refractivity contribution in [2.45, 2.75) is 24.8 Å². The summed E-state index contributed by atoms with van der Waals surface area (Å²) >= 11 is 5.93. The molecule has 0 radical (unpaired) electrons. The Morgan fingerprint density at radius 2 is 1.61 bits per heavy atom. The number of benzene rings is 3. The zero-order valence-electron chi connectivity index (χ0n) is 17.8. The van der Waals surface area contributed by atoms with Gasteiger partial charge < -0.3 is 0 Å². The molecule has 0 saturated carbocycles. The molecule has 0 fully saturated rings. The summed E-state index contributed by atoms with van der Waals surface area (Å²) in [5, 5.41) is 0.458. The standard InChI is InChI=1S/C24H21ClN5O2S/c1-2-15-29-16-30(22-10-6-5-9-21(22)29)24-23(26-19-7-3-4-8-20(19)27-24)28-33(31,32)18-13-11-17(25)12-14-18/h3-14,16H,2,15H2,1H3,(H,26,28)/q+1. The van der Waals surface area contributed by atoms with Gasteiger partial charge in [-0.3, -0.25) is 4.72 Å². The van der Waals surface area contributed by atoms with Gasteiger partial charge >= 0.3 is 0 Å². The Morgan fingerprint density at radius 3 is 2.33 bits per heavy atom. The molecular formula is C24H21ClN5O2S+. The Morgan fingerprint density at radius 1 is 0.939 bits per heavy atom. The normalized spacial score (nSPS) is 11.8. The molecule has 0 bridgehead atoms. The Labute approximate surface area is 196 Å². The van der Waals surface area contributed by atoms with Crippen LogP contribution in [0, 0.1) is 0 Å². The minimum Gasteiger partial charge on any atom is -0.258 e. The number of anilines is 1. The van der Waals surface area contributed by atoms with Crippen LogP contribution in [0.3, 0.4) is 0 Å². The number of nitrogens with one attached hydrogen (secondary N) is 1. The Hall–Kier alpha value is -3.49. The summed E-state index contributed by atoms with van der Waals surface area (Å²) < 4.78 is 33.0. The monoisotopic (exact) mass is 478 g/mol. The zero-order chi connectivity index (χ0) is 23.0. The van der Waals surface area contributed by atoms with Gasteiger partial charge in [0.1, 0.15) is 0 Å². The first-order valence-corrected chi connectivity index (χ1v) is 12.4. The zero-order valence-corrected chi connectivity index (χ0v) is 19.4. The topological polar surface area (TPSA) is 80.8 Å². The molecule has 5 aromatic rings. The van der Waals surface area contributed by atoms with Gasteiger partial charge in [-0.1, -0.05) is 42.8 Å². The molecule has 1 N–H and O–H groups in total. The molecule has 0 atom stereocenters. The maximum Gasteiger partial charge on any atom is 0.270 e. The van der Waals surface area contributed by atoms with Gasteiger partial charge in [-0.25, -0.2) is 23.0 Å². The molecule has 0 unspecified atom stereocenters. The quantitative estimate of drug-likeness (QED) is 0.358. The molecule has 2 aromatic heterocycles. The van der Waals surface area contributed by atoms with Crippen molar-refractivity contribution < 1.29 is 13.0 Å². The second-order valence-electron chi connectivity index (χ2n) is 7.61. The number of imidazole rings is 1. The molecule has 0 aliphatic carbocycles. The van der Waals surface area contributed by atoms with Crippen molar-refractivity contribution >= 4 is 49.5 Å². The average Bonchev–Trinajstić information content (AvgIpc) is 3.17. The van der Waals surface area contributed by atoms with Gasteiger partial charge in [-0.05, 0) is 55.0 Å². The third kappa shape index (κ3) is 4.03. The molecule has 7 nitrogen and oxygen atoms in total. The number of halogens is 1. The summed E-state index contributed by atoms with van der Waals surface area (Å²) in [4.78, 5) is 9.52. The van der Waals surface area contributed by atoms with Gasteiger partial charge in [0.05, 0.1) is 22.5 Å². The lowest BCUT2D eigenvalue weighted by Crippen LogP contribution is -2.31. The molecule has 0 amide bonds. The van der Waals surface area contributed by atoms with E-state index in [1.54, 1.807) is 6.07 Å². The maximum atomic E-state index is 13.2. The summed E-state index contributed by atoms with van der Waals surface area (Å²) in [5.74, 6) is 0.547.